The average Bonchev–Trinajstić information content (AvgIpc) is 2.85. The maximum Gasteiger partial charge on any atom is 0.339 e. The minimum absolute atomic E-state index is 0.299. The van der Waals surface area contributed by atoms with Gasteiger partial charge in [-0.3, -0.25) is 4.79 Å². The van der Waals surface area contributed by atoms with Crippen molar-refractivity contribution in [3.05, 3.63) is 57.5 Å². The summed E-state index contributed by atoms with van der Waals surface area (Å²) in [6.07, 6.45) is 0.416. The van der Waals surface area contributed by atoms with E-state index < -0.39 is 17.7 Å². The molecule has 0 amide bonds. The summed E-state index contributed by atoms with van der Waals surface area (Å²) in [6.45, 7) is 8.85. The van der Waals surface area contributed by atoms with E-state index in [9.17, 15) is 14.7 Å². The molecule has 0 saturated carbocycles. The third kappa shape index (κ3) is 5.36. The quantitative estimate of drug-likeness (QED) is 0.436. The van der Waals surface area contributed by atoms with Crippen LogP contribution in [0.15, 0.2) is 35.1 Å². The lowest BCUT2D eigenvalue weighted by Gasteiger charge is -2.29. The van der Waals surface area contributed by atoms with Crippen LogP contribution < -0.4 is 15.0 Å². The Morgan fingerprint density at radius 2 is 1.92 bits per heavy atom. The van der Waals surface area contributed by atoms with Crippen molar-refractivity contribution in [2.75, 3.05) is 26.9 Å². The zero-order chi connectivity index (χ0) is 26.9. The number of carbonyl (C=O) groups is 1. The fourth-order valence-corrected chi connectivity index (χ4v) is 4.89. The molecule has 1 N–H and O–H groups in total. The van der Waals surface area contributed by atoms with Crippen molar-refractivity contribution in [2.24, 2.45) is 7.05 Å². The Kier molecular flexibility index (Phi) is 7.62. The number of pyridine rings is 1. The van der Waals surface area contributed by atoms with Gasteiger partial charge in [-0.1, -0.05) is 6.07 Å². The molecule has 1 aromatic heterocycles. The normalized spacial score (nSPS) is 14.2. The molecule has 1 aliphatic heterocycles. The number of hydrogen-bond donors (Lipinski definition) is 1. The largest absolute Gasteiger partial charge is 0.493 e. The minimum atomic E-state index is -1.36. The van der Waals surface area contributed by atoms with Crippen LogP contribution in [0.4, 0.5) is 0 Å². The fourth-order valence-electron chi connectivity index (χ4n) is 4.89. The van der Waals surface area contributed by atoms with Gasteiger partial charge in [0, 0.05) is 19.7 Å². The molecule has 1 unspecified atom stereocenters. The first-order valence-corrected chi connectivity index (χ1v) is 12.5. The summed E-state index contributed by atoms with van der Waals surface area (Å²) >= 11 is 0. The van der Waals surface area contributed by atoms with Gasteiger partial charge in [0.15, 0.2) is 6.10 Å². The summed E-state index contributed by atoms with van der Waals surface area (Å²) in [7, 11) is 3.19. The highest BCUT2D eigenvalue weighted by Crippen LogP contribution is 2.42. The first-order valence-electron chi connectivity index (χ1n) is 12.5. The highest BCUT2D eigenvalue weighted by Gasteiger charge is 2.34. The minimum Gasteiger partial charge on any atom is -0.493 e. The van der Waals surface area contributed by atoms with Crippen LogP contribution in [0.25, 0.3) is 21.9 Å². The molecule has 37 heavy (non-hydrogen) atoms. The van der Waals surface area contributed by atoms with Gasteiger partial charge in [0.05, 0.1) is 29.9 Å². The average molecular weight is 510 g/mol. The molecule has 198 valence electrons. The van der Waals surface area contributed by atoms with Crippen LogP contribution in [-0.4, -0.2) is 48.2 Å². The number of carboxylic acids is 1. The van der Waals surface area contributed by atoms with Gasteiger partial charge >= 0.3 is 5.97 Å². The summed E-state index contributed by atoms with van der Waals surface area (Å²) in [5.74, 6) is 0.221. The van der Waals surface area contributed by atoms with Gasteiger partial charge in [-0.25, -0.2) is 4.79 Å². The van der Waals surface area contributed by atoms with Gasteiger partial charge in [0.1, 0.15) is 18.1 Å². The van der Waals surface area contributed by atoms with Gasteiger partial charge in [-0.15, -0.1) is 0 Å². The zero-order valence-electron chi connectivity index (χ0n) is 22.3. The Morgan fingerprint density at radius 3 is 2.59 bits per heavy atom. The van der Waals surface area contributed by atoms with Crippen molar-refractivity contribution in [2.45, 2.75) is 52.2 Å². The maximum atomic E-state index is 13.6. The van der Waals surface area contributed by atoms with Crippen LogP contribution in [0.1, 0.15) is 50.1 Å². The smallest absolute Gasteiger partial charge is 0.339 e. The molecule has 2 aromatic carbocycles. The van der Waals surface area contributed by atoms with E-state index in [0.29, 0.717) is 47.6 Å². The number of fused-ring (bicyclic) bond motifs is 2. The van der Waals surface area contributed by atoms with Gasteiger partial charge in [0.2, 0.25) is 0 Å². The van der Waals surface area contributed by atoms with Gasteiger partial charge < -0.3 is 28.6 Å². The van der Waals surface area contributed by atoms with E-state index in [1.807, 2.05) is 25.1 Å². The summed E-state index contributed by atoms with van der Waals surface area (Å²) in [4.78, 5) is 26.2. The van der Waals surface area contributed by atoms with E-state index >= 15 is 0 Å². The third-order valence-electron chi connectivity index (χ3n) is 6.57. The third-order valence-corrected chi connectivity index (χ3v) is 6.57. The standard InChI is InChI=1S/C29H35NO7/c1-17-19-8-7-13-36-23(19)12-11-20(17)24-21-10-9-18(35-15-14-34-6)16-22(21)27(31)30(5)25(24)26(28(32)33)37-29(2,3)4/h9-12,16,26H,7-8,13-15H2,1-6H3,(H,32,33). The van der Waals surface area contributed by atoms with Crippen LogP contribution in [0, 0.1) is 6.92 Å². The molecular formula is C29H35NO7. The van der Waals surface area contributed by atoms with Crippen molar-refractivity contribution in [1.29, 1.82) is 0 Å². The molecule has 0 aliphatic carbocycles. The molecular weight excluding hydrogens is 474 g/mol. The van der Waals surface area contributed by atoms with Crippen LogP contribution >= 0.6 is 0 Å². The van der Waals surface area contributed by atoms with E-state index in [1.165, 1.54) is 4.57 Å². The van der Waals surface area contributed by atoms with Gasteiger partial charge in [-0.2, -0.15) is 0 Å². The van der Waals surface area contributed by atoms with Crippen LogP contribution in [-0.2, 0) is 27.7 Å². The lowest BCUT2D eigenvalue weighted by molar-refractivity contribution is -0.161. The Bertz CT molecular complexity index is 1380. The SMILES string of the molecule is COCCOc1ccc2c(-c3ccc4c(c3C)CCCO4)c(C(OC(C)(C)C)C(=O)O)n(C)c(=O)c2c1. The molecule has 0 fully saturated rings. The number of rotatable bonds is 8. The Hall–Kier alpha value is -3.36. The zero-order valence-corrected chi connectivity index (χ0v) is 22.3. The second-order valence-electron chi connectivity index (χ2n) is 10.3. The number of nitrogens with zero attached hydrogens (tertiary/aromatic N) is 1. The molecule has 0 radical (unpaired) electrons. The number of aliphatic carboxylic acids is 1. The fraction of sp³-hybridized carbons (Fsp3) is 0.448. The molecule has 0 saturated heterocycles. The lowest BCUT2D eigenvalue weighted by Crippen LogP contribution is -2.33. The summed E-state index contributed by atoms with van der Waals surface area (Å²) in [5, 5.41) is 11.4. The Balaban J connectivity index is 2.05. The molecule has 3 aromatic rings. The second kappa shape index (κ2) is 10.6. The predicted molar refractivity (Wildman–Crippen MR) is 142 cm³/mol. The molecule has 1 atom stereocenters. The Morgan fingerprint density at radius 1 is 1.16 bits per heavy atom. The van der Waals surface area contributed by atoms with E-state index in [1.54, 1.807) is 47.1 Å². The highest BCUT2D eigenvalue weighted by atomic mass is 16.5. The first kappa shape index (κ1) is 26.7. The molecule has 4 rings (SSSR count). The van der Waals surface area contributed by atoms with Crippen LogP contribution in [0.3, 0.4) is 0 Å². The van der Waals surface area contributed by atoms with Crippen molar-refractivity contribution in [1.82, 2.24) is 4.57 Å². The predicted octanol–water partition coefficient (Wildman–Crippen LogP) is 4.80. The van der Waals surface area contributed by atoms with Crippen molar-refractivity contribution < 1.29 is 28.8 Å². The summed E-state index contributed by atoms with van der Waals surface area (Å²) in [6, 6.07) is 9.20. The van der Waals surface area contributed by atoms with Gasteiger partial charge in [0.25, 0.3) is 5.56 Å². The van der Waals surface area contributed by atoms with Crippen LogP contribution in [0.5, 0.6) is 11.5 Å². The molecule has 8 heteroatoms. The van der Waals surface area contributed by atoms with E-state index in [2.05, 4.69) is 0 Å². The number of ether oxygens (including phenoxy) is 4. The number of carboxylic acid groups (broad SMARTS) is 1. The molecule has 8 nitrogen and oxygen atoms in total. The lowest BCUT2D eigenvalue weighted by atomic mass is 9.88. The molecule has 1 aliphatic rings. The number of hydrogen-bond acceptors (Lipinski definition) is 6. The van der Waals surface area contributed by atoms with E-state index in [4.69, 9.17) is 18.9 Å². The van der Waals surface area contributed by atoms with Crippen LogP contribution in [0.2, 0.25) is 0 Å². The monoisotopic (exact) mass is 509 g/mol. The number of aromatic nitrogens is 1. The summed E-state index contributed by atoms with van der Waals surface area (Å²) < 4.78 is 24.1. The molecule has 0 bridgehead atoms. The highest BCUT2D eigenvalue weighted by molar-refractivity contribution is 6.00. The topological polar surface area (TPSA) is 96.2 Å². The van der Waals surface area contributed by atoms with Gasteiger partial charge in [-0.05, 0) is 86.9 Å². The first-order chi connectivity index (χ1) is 17.5. The summed E-state index contributed by atoms with van der Waals surface area (Å²) in [5.41, 5.74) is 2.81. The van der Waals surface area contributed by atoms with Crippen molar-refractivity contribution >= 4 is 16.7 Å². The number of benzene rings is 2. The maximum absolute atomic E-state index is 13.6. The second-order valence-corrected chi connectivity index (χ2v) is 10.3. The number of methoxy groups -OCH3 is 1. The van der Waals surface area contributed by atoms with E-state index in [-0.39, 0.29) is 5.56 Å². The van der Waals surface area contributed by atoms with E-state index in [0.717, 1.165) is 35.3 Å². The van der Waals surface area contributed by atoms with Crippen molar-refractivity contribution in [3.63, 3.8) is 0 Å². The van der Waals surface area contributed by atoms with Crippen molar-refractivity contribution in [3.8, 4) is 22.6 Å². The molecule has 0 spiro atoms. The molecule has 2 heterocycles. The Labute approximate surface area is 216 Å².